The monoisotopic (exact) mass is 314 g/mol. The van der Waals surface area contributed by atoms with Crippen molar-refractivity contribution in [1.29, 1.82) is 0 Å². The Morgan fingerprint density at radius 2 is 2.00 bits per heavy atom. The van der Waals surface area contributed by atoms with E-state index in [4.69, 9.17) is 0 Å². The zero-order valence-corrected chi connectivity index (χ0v) is 13.8. The lowest BCUT2D eigenvalue weighted by Crippen LogP contribution is -2.38. The topological polar surface area (TPSA) is 54.3 Å². The standard InChI is InChI=1S/C19H26N2O2/c1-2-21-12-15(17-5-3-4-6-18(17)21)11-19(23)20-16-9-7-14(13-22)8-10-16/h3-6,12,14,16,22H,2,7-11,13H2,1H3,(H,20,23). The number of aryl methyl sites for hydroxylation is 1. The van der Waals surface area contributed by atoms with Crippen LogP contribution in [0.3, 0.4) is 0 Å². The Balaban J connectivity index is 1.64. The van der Waals surface area contributed by atoms with Crippen molar-refractivity contribution in [1.82, 2.24) is 9.88 Å². The van der Waals surface area contributed by atoms with Crippen molar-refractivity contribution >= 4 is 16.8 Å². The summed E-state index contributed by atoms with van der Waals surface area (Å²) in [5.41, 5.74) is 2.30. The van der Waals surface area contributed by atoms with Gasteiger partial charge in [-0.2, -0.15) is 0 Å². The Labute approximate surface area is 137 Å². The average molecular weight is 314 g/mol. The van der Waals surface area contributed by atoms with E-state index in [-0.39, 0.29) is 18.6 Å². The smallest absolute Gasteiger partial charge is 0.224 e. The predicted molar refractivity (Wildman–Crippen MR) is 92.3 cm³/mol. The first kappa shape index (κ1) is 16.1. The number of nitrogens with zero attached hydrogens (tertiary/aromatic N) is 1. The minimum absolute atomic E-state index is 0.108. The number of amides is 1. The number of hydrogen-bond acceptors (Lipinski definition) is 2. The average Bonchev–Trinajstić information content (AvgIpc) is 2.93. The second-order valence-corrected chi connectivity index (χ2v) is 6.60. The van der Waals surface area contributed by atoms with Crippen LogP contribution in [0.25, 0.3) is 10.9 Å². The molecule has 1 aromatic carbocycles. The van der Waals surface area contributed by atoms with Crippen LogP contribution in [0.1, 0.15) is 38.2 Å². The van der Waals surface area contributed by atoms with E-state index in [1.165, 1.54) is 10.9 Å². The van der Waals surface area contributed by atoms with Gasteiger partial charge in [-0.3, -0.25) is 4.79 Å². The molecule has 2 N–H and O–H groups in total. The van der Waals surface area contributed by atoms with Crippen molar-refractivity contribution in [2.24, 2.45) is 5.92 Å². The maximum absolute atomic E-state index is 12.4. The number of hydrogen-bond donors (Lipinski definition) is 2. The number of aliphatic hydroxyl groups excluding tert-OH is 1. The van der Waals surface area contributed by atoms with Gasteiger partial charge in [-0.25, -0.2) is 0 Å². The first-order chi connectivity index (χ1) is 11.2. The molecule has 1 amide bonds. The highest BCUT2D eigenvalue weighted by Crippen LogP contribution is 2.25. The quantitative estimate of drug-likeness (QED) is 0.891. The first-order valence-corrected chi connectivity index (χ1v) is 8.68. The van der Waals surface area contributed by atoms with Crippen LogP contribution in [0, 0.1) is 5.92 Å². The minimum Gasteiger partial charge on any atom is -0.396 e. The van der Waals surface area contributed by atoms with E-state index in [9.17, 15) is 9.90 Å². The molecule has 1 aromatic heterocycles. The largest absolute Gasteiger partial charge is 0.396 e. The van der Waals surface area contributed by atoms with E-state index < -0.39 is 0 Å². The highest BCUT2D eigenvalue weighted by atomic mass is 16.3. The van der Waals surface area contributed by atoms with E-state index in [1.807, 2.05) is 12.1 Å². The van der Waals surface area contributed by atoms with E-state index in [0.717, 1.165) is 37.8 Å². The Kier molecular flexibility index (Phi) is 5.01. The van der Waals surface area contributed by atoms with Gasteiger partial charge in [-0.15, -0.1) is 0 Å². The van der Waals surface area contributed by atoms with Crippen molar-refractivity contribution in [2.75, 3.05) is 6.61 Å². The van der Waals surface area contributed by atoms with E-state index in [1.54, 1.807) is 0 Å². The maximum Gasteiger partial charge on any atom is 0.224 e. The van der Waals surface area contributed by atoms with Crippen LogP contribution in [-0.2, 0) is 17.8 Å². The normalized spacial score (nSPS) is 21.5. The Morgan fingerprint density at radius 1 is 1.26 bits per heavy atom. The van der Waals surface area contributed by atoms with Crippen LogP contribution in [0.15, 0.2) is 30.5 Å². The van der Waals surface area contributed by atoms with Gasteiger partial charge in [-0.05, 0) is 50.2 Å². The van der Waals surface area contributed by atoms with Crippen LogP contribution in [0.2, 0.25) is 0 Å². The maximum atomic E-state index is 12.4. The number of para-hydroxylation sites is 1. The van der Waals surface area contributed by atoms with Crippen LogP contribution in [-0.4, -0.2) is 28.2 Å². The van der Waals surface area contributed by atoms with Gasteiger partial charge < -0.3 is 15.0 Å². The lowest BCUT2D eigenvalue weighted by atomic mass is 9.86. The lowest BCUT2D eigenvalue weighted by molar-refractivity contribution is -0.121. The third-order valence-electron chi connectivity index (χ3n) is 5.03. The number of aliphatic hydroxyl groups is 1. The highest BCUT2D eigenvalue weighted by molar-refractivity contribution is 5.89. The molecule has 124 valence electrons. The summed E-state index contributed by atoms with van der Waals surface area (Å²) in [7, 11) is 0. The van der Waals surface area contributed by atoms with Crippen molar-refractivity contribution in [3.8, 4) is 0 Å². The second kappa shape index (κ2) is 7.18. The summed E-state index contributed by atoms with van der Waals surface area (Å²) < 4.78 is 2.20. The second-order valence-electron chi connectivity index (χ2n) is 6.60. The van der Waals surface area contributed by atoms with Gasteiger partial charge >= 0.3 is 0 Å². The van der Waals surface area contributed by atoms with Crippen molar-refractivity contribution in [3.63, 3.8) is 0 Å². The minimum atomic E-state index is 0.108. The van der Waals surface area contributed by atoms with Gasteiger partial charge in [-0.1, -0.05) is 18.2 Å². The number of aromatic nitrogens is 1. The van der Waals surface area contributed by atoms with Gasteiger partial charge in [0.1, 0.15) is 0 Å². The zero-order valence-electron chi connectivity index (χ0n) is 13.8. The molecular formula is C19H26N2O2. The predicted octanol–water partition coefficient (Wildman–Crippen LogP) is 2.87. The molecule has 1 saturated carbocycles. The zero-order chi connectivity index (χ0) is 16.2. The fourth-order valence-electron chi connectivity index (χ4n) is 3.67. The molecule has 1 fully saturated rings. The van der Waals surface area contributed by atoms with Gasteiger partial charge in [0.2, 0.25) is 5.91 Å². The van der Waals surface area contributed by atoms with E-state index >= 15 is 0 Å². The molecule has 1 aliphatic rings. The Morgan fingerprint density at radius 3 is 2.70 bits per heavy atom. The SMILES string of the molecule is CCn1cc(CC(=O)NC2CCC(CO)CC2)c2ccccc21. The van der Waals surface area contributed by atoms with Crippen molar-refractivity contribution < 1.29 is 9.90 Å². The van der Waals surface area contributed by atoms with Gasteiger partial charge in [0.15, 0.2) is 0 Å². The number of fused-ring (bicyclic) bond motifs is 1. The first-order valence-electron chi connectivity index (χ1n) is 8.68. The van der Waals surface area contributed by atoms with Crippen LogP contribution in [0.4, 0.5) is 0 Å². The molecule has 2 aromatic rings. The summed E-state index contributed by atoms with van der Waals surface area (Å²) in [4.78, 5) is 12.4. The number of carbonyl (C=O) groups is 1. The number of nitrogens with one attached hydrogen (secondary N) is 1. The molecule has 0 atom stereocenters. The Bertz CT molecular complexity index is 669. The molecule has 0 unspecified atom stereocenters. The highest BCUT2D eigenvalue weighted by Gasteiger charge is 2.22. The fraction of sp³-hybridized carbons (Fsp3) is 0.526. The third kappa shape index (κ3) is 3.58. The van der Waals surface area contributed by atoms with Crippen molar-refractivity contribution in [2.45, 2.75) is 51.6 Å². The molecular weight excluding hydrogens is 288 g/mol. The summed E-state index contributed by atoms with van der Waals surface area (Å²) in [6, 6.07) is 8.54. The molecule has 0 saturated heterocycles. The number of carbonyl (C=O) groups excluding carboxylic acids is 1. The molecule has 3 rings (SSSR count). The summed E-state index contributed by atoms with van der Waals surface area (Å²) in [6.45, 7) is 3.31. The molecule has 1 heterocycles. The molecule has 0 bridgehead atoms. The molecule has 0 radical (unpaired) electrons. The van der Waals surface area contributed by atoms with Gasteiger partial charge in [0.05, 0.1) is 6.42 Å². The van der Waals surface area contributed by atoms with Crippen LogP contribution in [0.5, 0.6) is 0 Å². The summed E-state index contributed by atoms with van der Waals surface area (Å²) >= 11 is 0. The van der Waals surface area contributed by atoms with Gasteiger partial charge in [0, 0.05) is 36.3 Å². The molecule has 1 aliphatic carbocycles. The molecule has 4 heteroatoms. The van der Waals surface area contributed by atoms with Gasteiger partial charge in [0.25, 0.3) is 0 Å². The fourth-order valence-corrected chi connectivity index (χ4v) is 3.67. The summed E-state index contributed by atoms with van der Waals surface area (Å²) in [5.74, 6) is 0.530. The molecule has 23 heavy (non-hydrogen) atoms. The Hall–Kier alpha value is -1.81. The van der Waals surface area contributed by atoms with E-state index in [2.05, 4.69) is 35.1 Å². The summed E-state index contributed by atoms with van der Waals surface area (Å²) in [5, 5.41) is 13.5. The molecule has 0 aliphatic heterocycles. The lowest BCUT2D eigenvalue weighted by Gasteiger charge is -2.27. The third-order valence-corrected chi connectivity index (χ3v) is 5.03. The molecule has 4 nitrogen and oxygen atoms in total. The van der Waals surface area contributed by atoms with E-state index in [0.29, 0.717) is 12.3 Å². The number of benzene rings is 1. The van der Waals surface area contributed by atoms with Crippen LogP contribution < -0.4 is 5.32 Å². The summed E-state index contributed by atoms with van der Waals surface area (Å²) in [6.07, 6.45) is 6.52. The number of rotatable bonds is 5. The van der Waals surface area contributed by atoms with Crippen molar-refractivity contribution in [3.05, 3.63) is 36.0 Å². The van der Waals surface area contributed by atoms with Crippen LogP contribution >= 0.6 is 0 Å². The molecule has 0 spiro atoms.